The van der Waals surface area contributed by atoms with Gasteiger partial charge in [-0.05, 0) is 66.2 Å². The maximum Gasteiger partial charge on any atom is 0.122 e. The van der Waals surface area contributed by atoms with E-state index in [9.17, 15) is 20.4 Å². The van der Waals surface area contributed by atoms with Crippen LogP contribution in [0.1, 0.15) is 176 Å². The average Bonchev–Trinajstić information content (AvgIpc) is 2.97. The van der Waals surface area contributed by atoms with E-state index in [1.54, 1.807) is 0 Å². The summed E-state index contributed by atoms with van der Waals surface area (Å²) in [5, 5.41) is 48.5. The van der Waals surface area contributed by atoms with Crippen LogP contribution >= 0.6 is 0 Å². The highest BCUT2D eigenvalue weighted by atomic mass is 16.3. The maximum atomic E-state index is 12.1. The van der Waals surface area contributed by atoms with Gasteiger partial charge in [0, 0.05) is 46.9 Å². The molecule has 4 aromatic carbocycles. The molecule has 5 rings (SSSR count). The molecule has 268 valence electrons. The summed E-state index contributed by atoms with van der Waals surface area (Å²) in [4.78, 5) is 0. The lowest BCUT2D eigenvalue weighted by atomic mass is 9.76. The summed E-state index contributed by atoms with van der Waals surface area (Å²) >= 11 is 0. The van der Waals surface area contributed by atoms with Gasteiger partial charge in [0.2, 0.25) is 0 Å². The lowest BCUT2D eigenvalue weighted by molar-refractivity contribution is 0.442. The minimum absolute atomic E-state index is 0.188. The van der Waals surface area contributed by atoms with Crippen LogP contribution in [0.15, 0.2) is 48.5 Å². The van der Waals surface area contributed by atoms with Crippen molar-refractivity contribution in [2.75, 3.05) is 0 Å². The molecule has 8 bridgehead atoms. The molecule has 50 heavy (non-hydrogen) atoms. The second-order valence-electron chi connectivity index (χ2n) is 19.1. The molecule has 4 aromatic rings. The van der Waals surface area contributed by atoms with Crippen LogP contribution in [0, 0.1) is 0 Å². The summed E-state index contributed by atoms with van der Waals surface area (Å²) in [6.45, 7) is 30.1. The first-order chi connectivity index (χ1) is 22.8. The molecule has 4 heteroatoms. The van der Waals surface area contributed by atoms with Crippen LogP contribution in [0.2, 0.25) is 0 Å². The predicted octanol–water partition coefficient (Wildman–Crippen LogP) is 11.5. The van der Waals surface area contributed by atoms with E-state index in [4.69, 9.17) is 0 Å². The lowest BCUT2D eigenvalue weighted by Gasteiger charge is -2.29. The number of hydrogen-bond acceptors (Lipinski definition) is 4. The zero-order valence-electron chi connectivity index (χ0n) is 33.0. The molecule has 0 aromatic heterocycles. The Hall–Kier alpha value is -3.92. The molecule has 0 fully saturated rings. The van der Waals surface area contributed by atoms with E-state index in [0.29, 0.717) is 12.8 Å². The van der Waals surface area contributed by atoms with Crippen LogP contribution in [0.3, 0.4) is 0 Å². The monoisotopic (exact) mass is 676 g/mol. The van der Waals surface area contributed by atoms with Gasteiger partial charge in [0.25, 0.3) is 0 Å². The molecule has 0 saturated heterocycles. The van der Waals surface area contributed by atoms with Gasteiger partial charge in [0.05, 0.1) is 0 Å². The second-order valence-corrected chi connectivity index (χ2v) is 19.1. The molecule has 0 atom stereocenters. The van der Waals surface area contributed by atoms with E-state index >= 15 is 0 Å². The van der Waals surface area contributed by atoms with Crippen molar-refractivity contribution in [2.24, 2.45) is 0 Å². The number of aromatic hydroxyl groups is 4. The Balaban J connectivity index is 1.96. The van der Waals surface area contributed by atoms with Gasteiger partial charge in [-0.15, -0.1) is 0 Å². The highest BCUT2D eigenvalue weighted by Gasteiger charge is 2.31. The van der Waals surface area contributed by atoms with Crippen LogP contribution in [-0.2, 0) is 34.5 Å². The smallest absolute Gasteiger partial charge is 0.122 e. The van der Waals surface area contributed by atoms with Gasteiger partial charge in [-0.3, -0.25) is 0 Å². The Morgan fingerprint density at radius 3 is 0.700 bits per heavy atom. The van der Waals surface area contributed by atoms with Crippen LogP contribution in [0.4, 0.5) is 0 Å². The average molecular weight is 677 g/mol. The normalized spacial score (nSPS) is 17.2. The third kappa shape index (κ3) is 7.00. The van der Waals surface area contributed by atoms with Crippen molar-refractivity contribution < 1.29 is 20.4 Å². The molecule has 1 aliphatic carbocycles. The number of fused-ring (bicyclic) bond motifs is 8. The first-order valence-electron chi connectivity index (χ1n) is 18.2. The van der Waals surface area contributed by atoms with Crippen LogP contribution in [0.5, 0.6) is 23.0 Å². The Kier molecular flexibility index (Phi) is 9.25. The molecule has 0 saturated carbocycles. The van der Waals surface area contributed by atoms with Crippen molar-refractivity contribution >= 4 is 0 Å². The summed E-state index contributed by atoms with van der Waals surface area (Å²) in [6, 6.07) is 16.6. The molecule has 0 unspecified atom stereocenters. The van der Waals surface area contributed by atoms with Crippen molar-refractivity contribution in [1.29, 1.82) is 0 Å². The Morgan fingerprint density at radius 2 is 0.540 bits per heavy atom. The molecule has 0 spiro atoms. The van der Waals surface area contributed by atoms with Crippen molar-refractivity contribution in [2.45, 2.75) is 143 Å². The maximum absolute atomic E-state index is 12.1. The first kappa shape index (κ1) is 37.3. The van der Waals surface area contributed by atoms with E-state index in [1.807, 2.05) is 13.8 Å². The third-order valence-electron chi connectivity index (χ3n) is 11.0. The quantitative estimate of drug-likeness (QED) is 0.149. The van der Waals surface area contributed by atoms with Gasteiger partial charge in [-0.1, -0.05) is 145 Å². The van der Waals surface area contributed by atoms with Crippen molar-refractivity contribution in [1.82, 2.24) is 0 Å². The molecule has 0 aliphatic heterocycles. The van der Waals surface area contributed by atoms with Gasteiger partial charge in [-0.2, -0.15) is 0 Å². The summed E-state index contributed by atoms with van der Waals surface area (Å²) in [5.41, 5.74) is 9.38. The molecule has 1 aliphatic rings. The second kappa shape index (κ2) is 12.4. The number of benzene rings is 4. The fourth-order valence-corrected chi connectivity index (χ4v) is 7.21. The molecular formula is C46H60O4. The Morgan fingerprint density at radius 1 is 0.360 bits per heavy atom. The lowest BCUT2D eigenvalue weighted by Crippen LogP contribution is -2.16. The largest absolute Gasteiger partial charge is 0.507 e. The van der Waals surface area contributed by atoms with Crippen molar-refractivity contribution in [3.05, 3.63) is 115 Å². The number of rotatable bonds is 0. The van der Waals surface area contributed by atoms with Gasteiger partial charge in [-0.25, -0.2) is 0 Å². The first-order valence-corrected chi connectivity index (χ1v) is 18.2. The molecule has 0 radical (unpaired) electrons. The topological polar surface area (TPSA) is 80.9 Å². The van der Waals surface area contributed by atoms with Crippen molar-refractivity contribution in [3.8, 4) is 23.0 Å². The van der Waals surface area contributed by atoms with Gasteiger partial charge in [0.15, 0.2) is 0 Å². The van der Waals surface area contributed by atoms with Crippen LogP contribution < -0.4 is 0 Å². The number of phenols is 4. The number of phenolic OH excluding ortho intramolecular Hbond substituents is 4. The van der Waals surface area contributed by atoms with E-state index < -0.39 is 0 Å². The van der Waals surface area contributed by atoms with Gasteiger partial charge < -0.3 is 20.4 Å². The Bertz CT molecular complexity index is 1670. The van der Waals surface area contributed by atoms with E-state index in [0.717, 1.165) is 66.8 Å². The molecule has 0 amide bonds. The van der Waals surface area contributed by atoms with Gasteiger partial charge in [0.1, 0.15) is 23.0 Å². The summed E-state index contributed by atoms with van der Waals surface area (Å²) < 4.78 is 0. The molecular weight excluding hydrogens is 617 g/mol. The summed E-state index contributed by atoms with van der Waals surface area (Å²) in [6.07, 6.45) is 0.646. The summed E-state index contributed by atoms with van der Waals surface area (Å²) in [7, 11) is 0. The third-order valence-corrected chi connectivity index (χ3v) is 11.0. The fraction of sp³-hybridized carbons (Fsp3) is 0.478. The Labute approximate surface area is 301 Å². The standard InChI is InChI=1S/C46H60O4/c1-25-35-21-31(43(3,4)5)17-27(39(35)47)15-29-19-33(45(9,10)11)23-37(41(29)49)26(2)38-24-34(46(12,13)14)20-30(42(38)50)16-28-18-32(44(6,7)8)22-36(25)40(28)48/h17-26,47-50H,15-16H2,1-14H3. The molecule has 4 nitrogen and oxygen atoms in total. The van der Waals surface area contributed by atoms with E-state index in [1.165, 1.54) is 0 Å². The van der Waals surface area contributed by atoms with Crippen molar-refractivity contribution in [3.63, 3.8) is 0 Å². The van der Waals surface area contributed by atoms with E-state index in [2.05, 4.69) is 132 Å². The zero-order valence-corrected chi connectivity index (χ0v) is 33.0. The van der Waals surface area contributed by atoms with E-state index in [-0.39, 0.29) is 56.5 Å². The van der Waals surface area contributed by atoms with Gasteiger partial charge >= 0.3 is 0 Å². The zero-order chi connectivity index (χ0) is 37.5. The van der Waals surface area contributed by atoms with Crippen LogP contribution in [-0.4, -0.2) is 20.4 Å². The highest BCUT2D eigenvalue weighted by molar-refractivity contribution is 5.61. The minimum atomic E-state index is -0.347. The summed E-state index contributed by atoms with van der Waals surface area (Å²) in [5.74, 6) is 0.0560. The fourth-order valence-electron chi connectivity index (χ4n) is 7.21. The molecule has 0 heterocycles. The predicted molar refractivity (Wildman–Crippen MR) is 208 cm³/mol. The number of hydrogen-bond donors (Lipinski definition) is 4. The molecule has 4 N–H and O–H groups in total. The minimum Gasteiger partial charge on any atom is -0.507 e. The van der Waals surface area contributed by atoms with Crippen LogP contribution in [0.25, 0.3) is 0 Å². The SMILES string of the molecule is CC1c2cc(C(C)(C)C)cc(c2O)Cc2cc(C(C)(C)C)cc(c2O)C(C)c2cc(C(C)(C)C)cc(c2O)Cc2cc(C(C)(C)C)cc1c2O. The highest BCUT2D eigenvalue weighted by Crippen LogP contribution is 2.48.